The Balaban J connectivity index is 2.68. The van der Waals surface area contributed by atoms with Crippen molar-refractivity contribution in [1.82, 2.24) is 0 Å². The van der Waals surface area contributed by atoms with Gasteiger partial charge in [0.25, 0.3) is 0 Å². The van der Waals surface area contributed by atoms with Gasteiger partial charge in [-0.1, -0.05) is 0 Å². The molecule has 1 aromatic rings. The summed E-state index contributed by atoms with van der Waals surface area (Å²) in [5.74, 6) is -0.431. The lowest BCUT2D eigenvalue weighted by atomic mass is 9.83. The Hall–Kier alpha value is -2.92. The molecule has 1 atom stereocenters. The smallest absolute Gasteiger partial charge is 0.338 e. The molecule has 2 rings (SSSR count). The van der Waals surface area contributed by atoms with Crippen LogP contribution in [0.3, 0.4) is 0 Å². The number of ether oxygens (including phenoxy) is 4. The van der Waals surface area contributed by atoms with E-state index in [1.54, 1.807) is 26.0 Å². The molecule has 0 amide bonds. The number of nitriles is 2. The van der Waals surface area contributed by atoms with Crippen LogP contribution in [0.1, 0.15) is 25.3 Å². The predicted molar refractivity (Wildman–Crippen MR) is 107 cm³/mol. The van der Waals surface area contributed by atoms with Gasteiger partial charge in [-0.3, -0.25) is 0 Å². The van der Waals surface area contributed by atoms with Crippen LogP contribution in [0.5, 0.6) is 11.5 Å². The third-order valence-electron chi connectivity index (χ3n) is 3.97. The number of nitrogens with zero attached hydrogens (tertiary/aromatic N) is 2. The number of hydrogen-bond donors (Lipinski definition) is 1. The van der Waals surface area contributed by atoms with Gasteiger partial charge in [-0.05, 0) is 54.1 Å². The van der Waals surface area contributed by atoms with Gasteiger partial charge in [-0.25, -0.2) is 4.79 Å². The first-order valence-corrected chi connectivity index (χ1v) is 9.30. The van der Waals surface area contributed by atoms with Crippen LogP contribution in [-0.4, -0.2) is 26.3 Å². The Morgan fingerprint density at radius 1 is 1.39 bits per heavy atom. The molecule has 1 aliphatic heterocycles. The minimum absolute atomic E-state index is 0.0724. The maximum atomic E-state index is 12.6. The Morgan fingerprint density at radius 2 is 2.11 bits per heavy atom. The van der Waals surface area contributed by atoms with Gasteiger partial charge in [-0.15, -0.1) is 0 Å². The summed E-state index contributed by atoms with van der Waals surface area (Å²) in [6, 6.07) is 7.31. The number of benzene rings is 1. The van der Waals surface area contributed by atoms with E-state index in [0.717, 1.165) is 0 Å². The van der Waals surface area contributed by atoms with Crippen molar-refractivity contribution in [3.05, 3.63) is 44.1 Å². The van der Waals surface area contributed by atoms with E-state index in [4.69, 9.17) is 29.9 Å². The normalized spacial score (nSPS) is 16.0. The number of allylic oxidation sites excluding steroid dienone is 2. The molecule has 0 bridgehead atoms. The Morgan fingerprint density at radius 3 is 2.68 bits per heavy atom. The number of halogens is 1. The number of hydrogen-bond acceptors (Lipinski definition) is 8. The van der Waals surface area contributed by atoms with Gasteiger partial charge in [0.2, 0.25) is 5.88 Å². The van der Waals surface area contributed by atoms with E-state index in [1.165, 1.54) is 7.11 Å². The molecule has 0 saturated heterocycles. The van der Waals surface area contributed by atoms with Gasteiger partial charge in [0.05, 0.1) is 28.8 Å². The monoisotopic (exact) mass is 495 g/mol. The van der Waals surface area contributed by atoms with E-state index in [0.29, 0.717) is 20.6 Å². The van der Waals surface area contributed by atoms with Gasteiger partial charge in [0.1, 0.15) is 23.5 Å². The fraction of sp³-hybridized carbons (Fsp3) is 0.316. The molecule has 0 aromatic heterocycles. The lowest BCUT2D eigenvalue weighted by molar-refractivity contribution is -0.139. The summed E-state index contributed by atoms with van der Waals surface area (Å²) in [7, 11) is 1.46. The standard InChI is InChI=1S/C19H18IN3O5/c1-4-26-19(24)15-10(2)28-18(23)12(9-22)16(15)11-7-13(20)17(27-6-5-21)14(8-11)25-3/h7-8,16H,4,6,23H2,1-3H3. The summed E-state index contributed by atoms with van der Waals surface area (Å²) in [6.45, 7) is 3.31. The second-order valence-electron chi connectivity index (χ2n) is 5.60. The first kappa shape index (κ1) is 21.4. The molecule has 0 spiro atoms. The van der Waals surface area contributed by atoms with Crippen LogP contribution in [0.2, 0.25) is 0 Å². The zero-order chi connectivity index (χ0) is 20.8. The largest absolute Gasteiger partial charge is 0.493 e. The number of esters is 1. The average Bonchev–Trinajstić information content (AvgIpc) is 2.66. The number of carbonyl (C=O) groups is 1. The zero-order valence-corrected chi connectivity index (χ0v) is 17.7. The quantitative estimate of drug-likeness (QED) is 0.472. The van der Waals surface area contributed by atoms with E-state index in [2.05, 4.69) is 0 Å². The first-order valence-electron chi connectivity index (χ1n) is 8.22. The van der Waals surface area contributed by atoms with E-state index >= 15 is 0 Å². The minimum Gasteiger partial charge on any atom is -0.493 e. The predicted octanol–water partition coefficient (Wildman–Crippen LogP) is 2.85. The van der Waals surface area contributed by atoms with Crippen molar-refractivity contribution in [3.8, 4) is 23.6 Å². The molecule has 1 unspecified atom stereocenters. The van der Waals surface area contributed by atoms with Crippen molar-refractivity contribution in [2.24, 2.45) is 5.73 Å². The minimum atomic E-state index is -0.787. The zero-order valence-electron chi connectivity index (χ0n) is 15.5. The highest BCUT2D eigenvalue weighted by Gasteiger charge is 2.37. The third kappa shape index (κ3) is 4.15. The Kier molecular flexibility index (Phi) is 7.12. The van der Waals surface area contributed by atoms with Crippen LogP contribution in [0, 0.1) is 26.2 Å². The Bertz CT molecular complexity index is 940. The van der Waals surface area contributed by atoms with Crippen LogP contribution in [-0.2, 0) is 14.3 Å². The van der Waals surface area contributed by atoms with Crippen molar-refractivity contribution >= 4 is 28.6 Å². The fourth-order valence-electron chi connectivity index (χ4n) is 2.84. The highest BCUT2D eigenvalue weighted by molar-refractivity contribution is 14.1. The highest BCUT2D eigenvalue weighted by atomic mass is 127. The average molecular weight is 495 g/mol. The molecular formula is C19H18IN3O5. The van der Waals surface area contributed by atoms with E-state index in [9.17, 15) is 10.1 Å². The van der Waals surface area contributed by atoms with Crippen LogP contribution in [0.15, 0.2) is 34.9 Å². The number of nitrogens with two attached hydrogens (primary N) is 1. The fourth-order valence-corrected chi connectivity index (χ4v) is 3.62. The van der Waals surface area contributed by atoms with Gasteiger partial charge < -0.3 is 24.7 Å². The third-order valence-corrected chi connectivity index (χ3v) is 4.77. The number of rotatable bonds is 6. The molecular weight excluding hydrogens is 477 g/mol. The van der Waals surface area contributed by atoms with Gasteiger partial charge >= 0.3 is 5.97 Å². The van der Waals surface area contributed by atoms with Crippen LogP contribution < -0.4 is 15.2 Å². The van der Waals surface area contributed by atoms with Gasteiger partial charge in [0.15, 0.2) is 18.1 Å². The summed E-state index contributed by atoms with van der Waals surface area (Å²) in [4.78, 5) is 12.6. The maximum absolute atomic E-state index is 12.6. The topological polar surface area (TPSA) is 128 Å². The summed E-state index contributed by atoms with van der Waals surface area (Å²) < 4.78 is 22.0. The summed E-state index contributed by atoms with van der Waals surface area (Å²) >= 11 is 2.03. The maximum Gasteiger partial charge on any atom is 0.338 e. The first-order chi connectivity index (χ1) is 13.4. The second-order valence-corrected chi connectivity index (χ2v) is 6.76. The SMILES string of the molecule is CCOC(=O)C1=C(C)OC(N)=C(C#N)C1c1cc(I)c(OCC#N)c(OC)c1. The molecule has 1 aliphatic rings. The van der Waals surface area contributed by atoms with Gasteiger partial charge in [0, 0.05) is 0 Å². The lowest BCUT2D eigenvalue weighted by Crippen LogP contribution is -2.25. The summed E-state index contributed by atoms with van der Waals surface area (Å²) in [5.41, 5.74) is 6.77. The number of carbonyl (C=O) groups excluding carboxylic acids is 1. The molecule has 8 nitrogen and oxygen atoms in total. The molecule has 0 saturated carbocycles. The van der Waals surface area contributed by atoms with E-state index in [-0.39, 0.29) is 36.0 Å². The van der Waals surface area contributed by atoms with Crippen LogP contribution in [0.25, 0.3) is 0 Å². The molecule has 146 valence electrons. The molecule has 1 aromatic carbocycles. The summed E-state index contributed by atoms with van der Waals surface area (Å²) in [6.07, 6.45) is 0. The van der Waals surface area contributed by atoms with Gasteiger partial charge in [-0.2, -0.15) is 10.5 Å². The molecule has 1 heterocycles. The molecule has 28 heavy (non-hydrogen) atoms. The van der Waals surface area contributed by atoms with Crippen molar-refractivity contribution in [2.75, 3.05) is 20.3 Å². The van der Waals surface area contributed by atoms with Crippen molar-refractivity contribution in [1.29, 1.82) is 10.5 Å². The summed E-state index contributed by atoms with van der Waals surface area (Å²) in [5, 5.41) is 18.4. The van der Waals surface area contributed by atoms with Crippen molar-refractivity contribution < 1.29 is 23.7 Å². The molecule has 2 N–H and O–H groups in total. The molecule has 0 aliphatic carbocycles. The molecule has 0 fully saturated rings. The lowest BCUT2D eigenvalue weighted by Gasteiger charge is -2.27. The molecule has 0 radical (unpaired) electrons. The van der Waals surface area contributed by atoms with Crippen molar-refractivity contribution in [3.63, 3.8) is 0 Å². The number of methoxy groups -OCH3 is 1. The molecule has 9 heteroatoms. The second kappa shape index (κ2) is 9.33. The Labute approximate surface area is 176 Å². The van der Waals surface area contributed by atoms with E-state index < -0.39 is 11.9 Å². The van der Waals surface area contributed by atoms with Crippen LogP contribution >= 0.6 is 22.6 Å². The highest BCUT2D eigenvalue weighted by Crippen LogP contribution is 2.43. The van der Waals surface area contributed by atoms with E-state index in [1.807, 2.05) is 34.7 Å². The van der Waals surface area contributed by atoms with Crippen LogP contribution in [0.4, 0.5) is 0 Å². The van der Waals surface area contributed by atoms with Crippen molar-refractivity contribution in [2.45, 2.75) is 19.8 Å².